The normalized spacial score (nSPS) is 13.3. The average Bonchev–Trinajstić information content (AvgIpc) is 3.32. The van der Waals surface area contributed by atoms with Crippen LogP contribution in [0.4, 0.5) is 0 Å². The summed E-state index contributed by atoms with van der Waals surface area (Å²) >= 11 is 0. The predicted molar refractivity (Wildman–Crippen MR) is 202 cm³/mol. The van der Waals surface area contributed by atoms with Crippen molar-refractivity contribution in [3.8, 4) is 44.5 Å². The molecular weight excluding hydrogens is 565 g/mol. The van der Waals surface area contributed by atoms with Crippen LogP contribution in [-0.4, -0.2) is 0 Å². The Hall–Kier alpha value is -5.46. The van der Waals surface area contributed by atoms with E-state index < -0.39 is 0 Å². The first-order valence-electron chi connectivity index (χ1n) is 16.7. The van der Waals surface area contributed by atoms with Gasteiger partial charge in [-0.3, -0.25) is 0 Å². The Morgan fingerprint density at radius 3 is 1.77 bits per heavy atom. The summed E-state index contributed by atoms with van der Waals surface area (Å²) in [5.41, 5.74) is 15.7. The molecule has 8 aromatic rings. The van der Waals surface area contributed by atoms with E-state index in [-0.39, 0.29) is 5.41 Å². The molecule has 0 N–H and O–H groups in total. The molecular formula is C47H36. The minimum atomic E-state index is -0.0666. The molecule has 0 nitrogen and oxygen atoms in total. The third-order valence-corrected chi connectivity index (χ3v) is 10.5. The van der Waals surface area contributed by atoms with Gasteiger partial charge in [0, 0.05) is 5.41 Å². The lowest BCUT2D eigenvalue weighted by molar-refractivity contribution is 0.660. The maximum atomic E-state index is 2.46. The molecule has 0 saturated heterocycles. The molecule has 0 spiro atoms. The molecule has 0 atom stereocenters. The highest BCUT2D eigenvalue weighted by atomic mass is 14.4. The summed E-state index contributed by atoms with van der Waals surface area (Å²) in [6, 6.07) is 54.7. The highest BCUT2D eigenvalue weighted by Gasteiger charge is 2.37. The molecule has 0 fully saturated rings. The van der Waals surface area contributed by atoms with Gasteiger partial charge in [0.15, 0.2) is 0 Å². The van der Waals surface area contributed by atoms with E-state index in [2.05, 4.69) is 173 Å². The minimum absolute atomic E-state index is 0.0666. The van der Waals surface area contributed by atoms with Gasteiger partial charge >= 0.3 is 0 Å². The molecule has 0 heterocycles. The molecule has 1 aliphatic carbocycles. The van der Waals surface area contributed by atoms with Crippen molar-refractivity contribution in [2.75, 3.05) is 0 Å². The third kappa shape index (κ3) is 4.21. The van der Waals surface area contributed by atoms with Crippen LogP contribution in [0.25, 0.3) is 76.8 Å². The van der Waals surface area contributed by atoms with E-state index in [1.165, 1.54) is 99.1 Å². The van der Waals surface area contributed by atoms with Gasteiger partial charge in [0.2, 0.25) is 0 Å². The van der Waals surface area contributed by atoms with Gasteiger partial charge in [-0.05, 0) is 114 Å². The second-order valence-corrected chi connectivity index (χ2v) is 13.9. The number of benzene rings is 8. The molecule has 47 heavy (non-hydrogen) atoms. The summed E-state index contributed by atoms with van der Waals surface area (Å²) < 4.78 is 0. The molecule has 8 aromatic carbocycles. The zero-order valence-corrected chi connectivity index (χ0v) is 27.4. The number of aryl methyl sites for hydroxylation is 2. The molecule has 0 unspecified atom stereocenters. The molecule has 9 rings (SSSR count). The van der Waals surface area contributed by atoms with Gasteiger partial charge in [-0.1, -0.05) is 158 Å². The van der Waals surface area contributed by atoms with Gasteiger partial charge in [-0.2, -0.15) is 0 Å². The van der Waals surface area contributed by atoms with Crippen molar-refractivity contribution < 1.29 is 0 Å². The molecule has 0 saturated carbocycles. The van der Waals surface area contributed by atoms with Crippen LogP contribution in [0.2, 0.25) is 0 Å². The number of fused-ring (bicyclic) bond motifs is 6. The summed E-state index contributed by atoms with van der Waals surface area (Å²) in [5, 5.41) is 7.69. The number of hydrogen-bond acceptors (Lipinski definition) is 0. The smallest absolute Gasteiger partial charge is 0.0159 e. The largest absolute Gasteiger partial charge is 0.0619 e. The summed E-state index contributed by atoms with van der Waals surface area (Å²) in [6.07, 6.45) is 0. The summed E-state index contributed by atoms with van der Waals surface area (Å²) in [4.78, 5) is 0. The Labute approximate surface area is 277 Å². The molecule has 1 aliphatic rings. The highest BCUT2D eigenvalue weighted by Crippen LogP contribution is 2.54. The first kappa shape index (κ1) is 27.8. The van der Waals surface area contributed by atoms with Crippen LogP contribution in [0.15, 0.2) is 146 Å². The number of rotatable bonds is 3. The van der Waals surface area contributed by atoms with Crippen molar-refractivity contribution in [2.24, 2.45) is 0 Å². The minimum Gasteiger partial charge on any atom is -0.0619 e. The Morgan fingerprint density at radius 2 is 0.957 bits per heavy atom. The van der Waals surface area contributed by atoms with Crippen LogP contribution in [0.5, 0.6) is 0 Å². The van der Waals surface area contributed by atoms with Crippen molar-refractivity contribution in [1.29, 1.82) is 0 Å². The topological polar surface area (TPSA) is 0 Å². The molecule has 0 bridgehead atoms. The van der Waals surface area contributed by atoms with Gasteiger partial charge in [0.25, 0.3) is 0 Å². The summed E-state index contributed by atoms with van der Waals surface area (Å²) in [7, 11) is 0. The second kappa shape index (κ2) is 10.3. The van der Waals surface area contributed by atoms with Gasteiger partial charge in [0.1, 0.15) is 0 Å². The monoisotopic (exact) mass is 600 g/mol. The van der Waals surface area contributed by atoms with Crippen LogP contribution < -0.4 is 0 Å². The zero-order chi connectivity index (χ0) is 31.9. The molecule has 0 aliphatic heterocycles. The van der Waals surface area contributed by atoms with E-state index >= 15 is 0 Å². The van der Waals surface area contributed by atoms with E-state index in [1.54, 1.807) is 0 Å². The molecule has 0 aromatic heterocycles. The third-order valence-electron chi connectivity index (χ3n) is 10.5. The molecule has 0 heteroatoms. The highest BCUT2D eigenvalue weighted by molar-refractivity contribution is 6.23. The lowest BCUT2D eigenvalue weighted by Gasteiger charge is -2.23. The fourth-order valence-corrected chi connectivity index (χ4v) is 8.41. The van der Waals surface area contributed by atoms with E-state index in [4.69, 9.17) is 0 Å². The van der Waals surface area contributed by atoms with Crippen LogP contribution >= 0.6 is 0 Å². The number of hydrogen-bond donors (Lipinski definition) is 0. The van der Waals surface area contributed by atoms with Crippen molar-refractivity contribution in [3.05, 3.63) is 168 Å². The molecule has 0 radical (unpaired) electrons. The van der Waals surface area contributed by atoms with Gasteiger partial charge in [-0.15, -0.1) is 0 Å². The van der Waals surface area contributed by atoms with Crippen molar-refractivity contribution in [3.63, 3.8) is 0 Å². The fourth-order valence-electron chi connectivity index (χ4n) is 8.41. The maximum Gasteiger partial charge on any atom is 0.0159 e. The zero-order valence-electron chi connectivity index (χ0n) is 27.4. The Balaban J connectivity index is 1.44. The molecule has 224 valence electrons. The van der Waals surface area contributed by atoms with E-state index in [0.717, 1.165) is 0 Å². The Bertz CT molecular complexity index is 2540. The Kier molecular flexibility index (Phi) is 6.08. The van der Waals surface area contributed by atoms with Gasteiger partial charge in [-0.25, -0.2) is 0 Å². The second-order valence-electron chi connectivity index (χ2n) is 13.9. The van der Waals surface area contributed by atoms with Crippen LogP contribution in [-0.2, 0) is 5.41 Å². The lowest BCUT2D eigenvalue weighted by atomic mass is 9.80. The van der Waals surface area contributed by atoms with Crippen molar-refractivity contribution >= 4 is 32.3 Å². The summed E-state index contributed by atoms with van der Waals surface area (Å²) in [6.45, 7) is 9.16. The molecule has 0 amide bonds. The fraction of sp³-hybridized carbons (Fsp3) is 0.106. The van der Waals surface area contributed by atoms with E-state index in [1.807, 2.05) is 0 Å². The Morgan fingerprint density at radius 1 is 0.362 bits per heavy atom. The van der Waals surface area contributed by atoms with Gasteiger partial charge in [0.05, 0.1) is 0 Å². The maximum absolute atomic E-state index is 2.46. The van der Waals surface area contributed by atoms with Crippen molar-refractivity contribution in [1.82, 2.24) is 0 Å². The van der Waals surface area contributed by atoms with E-state index in [9.17, 15) is 0 Å². The standard InChI is InChI=1S/C47H36/c1-29-24-30(2)26-35(25-29)44-36-14-7-8-15-37(36)45(40-17-11-19-43-46(40)39-16-9-10-18-42(39)47(43,3)4)41-28-34(22-23-38(41)44)33-21-20-31-12-5-6-13-32(31)27-33/h5-28H,1-4H3. The quantitative estimate of drug-likeness (QED) is 0.177. The van der Waals surface area contributed by atoms with Crippen LogP contribution in [0.1, 0.15) is 36.1 Å². The van der Waals surface area contributed by atoms with Crippen LogP contribution in [0, 0.1) is 13.8 Å². The first-order chi connectivity index (χ1) is 22.9. The van der Waals surface area contributed by atoms with E-state index in [0.29, 0.717) is 0 Å². The average molecular weight is 601 g/mol. The predicted octanol–water partition coefficient (Wildman–Crippen LogP) is 13.1. The van der Waals surface area contributed by atoms with Gasteiger partial charge < -0.3 is 0 Å². The van der Waals surface area contributed by atoms with Crippen LogP contribution in [0.3, 0.4) is 0 Å². The first-order valence-corrected chi connectivity index (χ1v) is 16.7. The SMILES string of the molecule is Cc1cc(C)cc(-c2c3ccccc3c(-c3cccc4c3-c3ccccc3C4(C)C)c3cc(-c4ccc5ccccc5c4)ccc23)c1. The lowest BCUT2D eigenvalue weighted by Crippen LogP contribution is -2.14. The summed E-state index contributed by atoms with van der Waals surface area (Å²) in [5.74, 6) is 0. The van der Waals surface area contributed by atoms with Crippen molar-refractivity contribution in [2.45, 2.75) is 33.1 Å².